The van der Waals surface area contributed by atoms with Gasteiger partial charge in [0, 0.05) is 38.3 Å². The molecule has 1 N–H and O–H groups in total. The summed E-state index contributed by atoms with van der Waals surface area (Å²) in [5.74, 6) is -0.136. The first-order valence-corrected chi connectivity index (χ1v) is 6.37. The Kier molecular flexibility index (Phi) is 3.84. The van der Waals surface area contributed by atoms with Crippen molar-refractivity contribution < 1.29 is 9.72 Å². The zero-order valence-corrected chi connectivity index (χ0v) is 11.1. The number of hydrogen-bond acceptors (Lipinski definition) is 4. The number of nitro groups is 1. The summed E-state index contributed by atoms with van der Waals surface area (Å²) in [4.78, 5) is 24.5. The molecule has 1 aliphatic rings. The van der Waals surface area contributed by atoms with Crippen molar-refractivity contribution in [1.82, 2.24) is 14.8 Å². The fourth-order valence-corrected chi connectivity index (χ4v) is 2.19. The lowest BCUT2D eigenvalue weighted by atomic mass is 10.3. The maximum absolute atomic E-state index is 12.4. The Labute approximate surface area is 111 Å². The van der Waals surface area contributed by atoms with Crippen molar-refractivity contribution in [2.45, 2.75) is 19.9 Å². The van der Waals surface area contributed by atoms with Crippen LogP contribution in [0, 0.1) is 10.1 Å². The lowest BCUT2D eigenvalue weighted by molar-refractivity contribution is -0.384. The maximum atomic E-state index is 12.4. The fraction of sp³-hybridized carbons (Fsp3) is 0.583. The molecule has 1 fully saturated rings. The number of nitrogens with zero attached hydrogens (tertiary/aromatic N) is 3. The van der Waals surface area contributed by atoms with Gasteiger partial charge in [-0.25, -0.2) is 0 Å². The van der Waals surface area contributed by atoms with Crippen molar-refractivity contribution >= 4 is 11.6 Å². The fourth-order valence-electron chi connectivity index (χ4n) is 2.19. The van der Waals surface area contributed by atoms with Gasteiger partial charge in [-0.3, -0.25) is 14.9 Å². The summed E-state index contributed by atoms with van der Waals surface area (Å²) in [5.41, 5.74) is 0.357. The second kappa shape index (κ2) is 5.40. The Balaban J connectivity index is 2.31. The van der Waals surface area contributed by atoms with Crippen molar-refractivity contribution in [2.24, 2.45) is 0 Å². The summed E-state index contributed by atoms with van der Waals surface area (Å²) in [5, 5.41) is 14.0. The Morgan fingerprint density at radius 3 is 2.58 bits per heavy atom. The normalized spacial score (nSPS) is 15.8. The number of hydrogen-bond donors (Lipinski definition) is 1. The third kappa shape index (κ3) is 2.76. The van der Waals surface area contributed by atoms with Crippen LogP contribution in [0.3, 0.4) is 0 Å². The number of amides is 1. The summed E-state index contributed by atoms with van der Waals surface area (Å²) in [6, 6.07) is 1.38. The first-order chi connectivity index (χ1) is 9.00. The Morgan fingerprint density at radius 1 is 1.42 bits per heavy atom. The lowest BCUT2D eigenvalue weighted by Crippen LogP contribution is -2.46. The second-order valence-corrected chi connectivity index (χ2v) is 4.88. The molecule has 7 nitrogen and oxygen atoms in total. The molecular formula is C12H18N4O3. The molecule has 1 aromatic rings. The van der Waals surface area contributed by atoms with Gasteiger partial charge in [0.15, 0.2) is 0 Å². The van der Waals surface area contributed by atoms with Gasteiger partial charge in [-0.1, -0.05) is 0 Å². The van der Waals surface area contributed by atoms with Gasteiger partial charge in [-0.15, -0.1) is 0 Å². The van der Waals surface area contributed by atoms with Crippen molar-refractivity contribution in [3.8, 4) is 0 Å². The Hall–Kier alpha value is -1.89. The van der Waals surface area contributed by atoms with E-state index in [1.807, 2.05) is 13.8 Å². The lowest BCUT2D eigenvalue weighted by Gasteiger charge is -2.28. The van der Waals surface area contributed by atoms with E-state index in [1.54, 1.807) is 9.47 Å². The molecule has 104 valence electrons. The van der Waals surface area contributed by atoms with Crippen LogP contribution in [-0.2, 0) is 0 Å². The van der Waals surface area contributed by atoms with Crippen molar-refractivity contribution in [3.05, 3.63) is 28.1 Å². The highest BCUT2D eigenvalue weighted by Gasteiger charge is 2.25. The van der Waals surface area contributed by atoms with Crippen molar-refractivity contribution in [3.63, 3.8) is 0 Å². The van der Waals surface area contributed by atoms with E-state index in [0.29, 0.717) is 18.8 Å². The van der Waals surface area contributed by atoms with Gasteiger partial charge in [-0.2, -0.15) is 0 Å². The van der Waals surface area contributed by atoms with Crippen LogP contribution in [0.5, 0.6) is 0 Å². The summed E-state index contributed by atoms with van der Waals surface area (Å²) in [6.07, 6.45) is 1.43. The van der Waals surface area contributed by atoms with E-state index in [4.69, 9.17) is 0 Å². The molecule has 1 amide bonds. The van der Waals surface area contributed by atoms with Gasteiger partial charge >= 0.3 is 0 Å². The molecule has 0 unspecified atom stereocenters. The smallest absolute Gasteiger partial charge is 0.287 e. The molecule has 0 aromatic carbocycles. The minimum absolute atomic E-state index is 0.00978. The third-order valence-corrected chi connectivity index (χ3v) is 3.22. The molecule has 2 rings (SSSR count). The van der Waals surface area contributed by atoms with Gasteiger partial charge in [0.2, 0.25) is 0 Å². The van der Waals surface area contributed by atoms with E-state index >= 15 is 0 Å². The highest BCUT2D eigenvalue weighted by molar-refractivity contribution is 5.93. The molecule has 0 radical (unpaired) electrons. The number of rotatable bonds is 3. The molecular weight excluding hydrogens is 248 g/mol. The van der Waals surface area contributed by atoms with Crippen LogP contribution in [0.4, 0.5) is 5.69 Å². The predicted molar refractivity (Wildman–Crippen MR) is 70.2 cm³/mol. The zero-order chi connectivity index (χ0) is 14.0. The molecule has 19 heavy (non-hydrogen) atoms. The molecule has 1 aromatic heterocycles. The van der Waals surface area contributed by atoms with E-state index in [1.165, 1.54) is 12.3 Å². The van der Waals surface area contributed by atoms with Crippen LogP contribution in [0.2, 0.25) is 0 Å². The van der Waals surface area contributed by atoms with Crippen LogP contribution in [0.25, 0.3) is 0 Å². The summed E-state index contributed by atoms with van der Waals surface area (Å²) in [6.45, 7) is 6.59. The molecule has 0 bridgehead atoms. The van der Waals surface area contributed by atoms with Gasteiger partial charge in [0.25, 0.3) is 11.6 Å². The van der Waals surface area contributed by atoms with Crippen molar-refractivity contribution in [2.75, 3.05) is 26.2 Å². The topological polar surface area (TPSA) is 80.4 Å². The highest BCUT2D eigenvalue weighted by Crippen LogP contribution is 2.22. The quantitative estimate of drug-likeness (QED) is 0.654. The van der Waals surface area contributed by atoms with E-state index in [-0.39, 0.29) is 17.6 Å². The largest absolute Gasteiger partial charge is 0.335 e. The first kappa shape index (κ1) is 13.5. The minimum atomic E-state index is -0.465. The van der Waals surface area contributed by atoms with Crippen LogP contribution in [-0.4, -0.2) is 46.5 Å². The van der Waals surface area contributed by atoms with E-state index in [0.717, 1.165) is 13.1 Å². The van der Waals surface area contributed by atoms with Crippen LogP contribution >= 0.6 is 0 Å². The van der Waals surface area contributed by atoms with E-state index < -0.39 is 4.92 Å². The van der Waals surface area contributed by atoms with Crippen LogP contribution < -0.4 is 5.32 Å². The molecule has 1 aliphatic heterocycles. The molecule has 1 saturated heterocycles. The van der Waals surface area contributed by atoms with Gasteiger partial charge in [0.1, 0.15) is 5.69 Å². The van der Waals surface area contributed by atoms with Crippen molar-refractivity contribution in [1.29, 1.82) is 0 Å². The summed E-state index contributed by atoms with van der Waals surface area (Å²) in [7, 11) is 0. The van der Waals surface area contributed by atoms with E-state index in [2.05, 4.69) is 5.32 Å². The molecule has 2 heterocycles. The summed E-state index contributed by atoms with van der Waals surface area (Å²) < 4.78 is 1.67. The zero-order valence-electron chi connectivity index (χ0n) is 11.1. The van der Waals surface area contributed by atoms with Gasteiger partial charge in [0.05, 0.1) is 11.1 Å². The van der Waals surface area contributed by atoms with E-state index in [9.17, 15) is 14.9 Å². The monoisotopic (exact) mass is 266 g/mol. The number of carbonyl (C=O) groups excluding carboxylic acids is 1. The minimum Gasteiger partial charge on any atom is -0.335 e. The molecule has 0 atom stereocenters. The maximum Gasteiger partial charge on any atom is 0.287 e. The molecule has 7 heteroatoms. The number of piperazine rings is 1. The summed E-state index contributed by atoms with van der Waals surface area (Å²) >= 11 is 0. The average Bonchev–Trinajstić information content (AvgIpc) is 2.84. The first-order valence-electron chi connectivity index (χ1n) is 6.37. The molecule has 0 aliphatic carbocycles. The SMILES string of the molecule is CC(C)n1cc([N+](=O)[O-])cc1C(=O)N1CCNCC1. The Morgan fingerprint density at radius 2 is 2.05 bits per heavy atom. The van der Waals surface area contributed by atoms with Crippen LogP contribution in [0.1, 0.15) is 30.4 Å². The van der Waals surface area contributed by atoms with Crippen LogP contribution in [0.15, 0.2) is 12.3 Å². The number of nitrogens with one attached hydrogen (secondary N) is 1. The number of aromatic nitrogens is 1. The van der Waals surface area contributed by atoms with Gasteiger partial charge in [-0.05, 0) is 13.8 Å². The van der Waals surface area contributed by atoms with Gasteiger partial charge < -0.3 is 14.8 Å². The Bertz CT molecular complexity index is 489. The molecule has 0 spiro atoms. The number of carbonyl (C=O) groups is 1. The third-order valence-electron chi connectivity index (χ3n) is 3.22. The molecule has 0 saturated carbocycles. The highest BCUT2D eigenvalue weighted by atomic mass is 16.6. The predicted octanol–water partition coefficient (Wildman–Crippen LogP) is 1.02. The average molecular weight is 266 g/mol. The second-order valence-electron chi connectivity index (χ2n) is 4.88. The standard InChI is InChI=1S/C12H18N4O3/c1-9(2)15-8-10(16(18)19)7-11(15)12(17)14-5-3-13-4-6-14/h7-9,13H,3-6H2,1-2H3.